The third-order valence-corrected chi connectivity index (χ3v) is 11.6. The van der Waals surface area contributed by atoms with Crippen LogP contribution in [-0.2, 0) is 12.8 Å². The van der Waals surface area contributed by atoms with E-state index < -0.39 is 6.03 Å². The molecule has 3 aliphatic heterocycles. The van der Waals surface area contributed by atoms with Crippen molar-refractivity contribution < 1.29 is 27.9 Å². The molecular weight excluding hydrogens is 661 g/mol. The van der Waals surface area contributed by atoms with Crippen LogP contribution in [0.4, 0.5) is 0 Å². The molecule has 8 rings (SSSR count). The lowest BCUT2D eigenvalue weighted by atomic mass is 9.90. The van der Waals surface area contributed by atoms with Crippen molar-refractivity contribution in [2.24, 2.45) is 0 Å². The Kier molecular flexibility index (Phi) is 9.09. The monoisotopic (exact) mass is 714 g/mol. The van der Waals surface area contributed by atoms with Crippen molar-refractivity contribution in [1.82, 2.24) is 0 Å². The van der Waals surface area contributed by atoms with E-state index in [0.29, 0.717) is 13.1 Å². The lowest BCUT2D eigenvalue weighted by Gasteiger charge is -2.33. The van der Waals surface area contributed by atoms with Crippen LogP contribution in [-0.4, -0.2) is 90.3 Å². The number of rotatable bonds is 10. The fourth-order valence-corrected chi connectivity index (χ4v) is 9.17. The normalized spacial score (nSPS) is 21.6. The van der Waals surface area contributed by atoms with Gasteiger partial charge >= 0.3 is 6.03 Å². The van der Waals surface area contributed by atoms with Crippen molar-refractivity contribution >= 4 is 12.4 Å². The minimum absolute atomic E-state index is 0.261. The van der Waals surface area contributed by atoms with Crippen LogP contribution in [0.2, 0.25) is 0 Å². The number of quaternary nitrogens is 2. The first kappa shape index (κ1) is 35.7. The lowest BCUT2D eigenvalue weighted by Crippen LogP contribution is -2.60. The van der Waals surface area contributed by atoms with Gasteiger partial charge in [-0.05, 0) is 108 Å². The molecule has 2 atom stereocenters. The van der Waals surface area contributed by atoms with E-state index >= 15 is 0 Å². The van der Waals surface area contributed by atoms with Crippen LogP contribution in [0.3, 0.4) is 0 Å². The van der Waals surface area contributed by atoms with E-state index in [1.807, 2.05) is 0 Å². The number of aryl methyl sites for hydroxylation is 4. The number of hydrogen-bond acceptors (Lipinski definition) is 4. The predicted molar refractivity (Wildman–Crippen MR) is 211 cm³/mol. The van der Waals surface area contributed by atoms with E-state index in [9.17, 15) is 10.4 Å². The maximum absolute atomic E-state index is 12.3. The fraction of sp³-hybridized carbons (Fsp3) is 0.422. The highest BCUT2D eigenvalue weighted by Crippen LogP contribution is 2.47. The Labute approximate surface area is 314 Å². The predicted octanol–water partition coefficient (Wildman–Crippen LogP) is 7.93. The summed E-state index contributed by atoms with van der Waals surface area (Å²) in [4.78, 5) is 0. The third-order valence-electron chi connectivity index (χ3n) is 11.6. The maximum Gasteiger partial charge on any atom is 0.704 e. The summed E-state index contributed by atoms with van der Waals surface area (Å²) >= 11 is 0. The Bertz CT molecular complexity index is 1970. The average molecular weight is 715 g/mol. The third kappa shape index (κ3) is 6.82. The van der Waals surface area contributed by atoms with Gasteiger partial charge in [-0.1, -0.05) is 57.7 Å². The number of hydroxylamine groups is 6. The van der Waals surface area contributed by atoms with Gasteiger partial charge < -0.3 is 29.2 Å². The van der Waals surface area contributed by atoms with Crippen molar-refractivity contribution in [2.45, 2.75) is 83.3 Å². The molecule has 1 aliphatic carbocycles. The van der Waals surface area contributed by atoms with Gasteiger partial charge in [0.25, 0.3) is 0 Å². The Morgan fingerprint density at radius 1 is 0.642 bits per heavy atom. The molecule has 4 aromatic carbocycles. The van der Waals surface area contributed by atoms with Crippen molar-refractivity contribution in [3.8, 4) is 33.8 Å². The molecule has 4 aromatic rings. The first-order valence-corrected chi connectivity index (χ1v) is 19.5. The Hall–Kier alpha value is -4.34. The molecule has 0 N–H and O–H groups in total. The van der Waals surface area contributed by atoms with Crippen LogP contribution in [0, 0.1) is 24.3 Å². The average Bonchev–Trinajstić information content (AvgIpc) is 3.38. The minimum Gasteiger partial charge on any atom is -0.633 e. The van der Waals surface area contributed by atoms with Gasteiger partial charge in [0.15, 0.2) is 23.9 Å². The van der Waals surface area contributed by atoms with Gasteiger partial charge in [-0.25, -0.2) is 0 Å². The number of nitrogens with zero attached hydrogens (tertiary/aromatic N) is 4. The summed E-state index contributed by atoms with van der Waals surface area (Å²) in [5.74, 6) is 1.72. The summed E-state index contributed by atoms with van der Waals surface area (Å²) in [6.07, 6.45) is 12.5. The van der Waals surface area contributed by atoms with Crippen molar-refractivity contribution in [2.75, 3.05) is 41.3 Å². The van der Waals surface area contributed by atoms with E-state index in [2.05, 4.69) is 108 Å². The van der Waals surface area contributed by atoms with Gasteiger partial charge in [0, 0.05) is 25.7 Å². The smallest absolute Gasteiger partial charge is 0.633 e. The molecule has 4 aliphatic rings. The van der Waals surface area contributed by atoms with E-state index in [1.54, 1.807) is 28.2 Å². The molecule has 0 bridgehead atoms. The maximum atomic E-state index is 12.3. The van der Waals surface area contributed by atoms with Crippen LogP contribution in [0.15, 0.2) is 72.8 Å². The largest absolute Gasteiger partial charge is 0.704 e. The Balaban J connectivity index is 1.16. The summed E-state index contributed by atoms with van der Waals surface area (Å²) in [6.45, 7) is 5.46. The topological polar surface area (TPSA) is 70.6 Å². The van der Waals surface area contributed by atoms with Gasteiger partial charge in [-0.3, -0.25) is 0 Å². The van der Waals surface area contributed by atoms with E-state index in [1.165, 1.54) is 46.2 Å². The standard InChI is InChI=1S/C45H54N4O4/c1-31-25-35(39-19-9-7-15-33(39)17-13-23-48(3,4)50)27-37-29-46-41-21-11-12-22-42(41)47-30-38-28-36(26-32(2)44(38)53-45(46,47)52-43(31)37)40-20-10-8-16-34(40)18-14-24-49(5,6)51/h7-10,15-16,19-20,25-30,41-42H,11-14,17-18,21-24H2,1-6H3/q+2. The second-order valence-corrected chi connectivity index (χ2v) is 16.8. The molecular formula is C45H54N4O4+2. The zero-order valence-corrected chi connectivity index (χ0v) is 32.2. The van der Waals surface area contributed by atoms with Crippen LogP contribution >= 0.6 is 0 Å². The van der Waals surface area contributed by atoms with Gasteiger partial charge in [0.2, 0.25) is 12.1 Å². The molecule has 0 aromatic heterocycles. The Morgan fingerprint density at radius 2 is 1.06 bits per heavy atom. The van der Waals surface area contributed by atoms with E-state index in [0.717, 1.165) is 72.3 Å². The number of hydrogen-bond donors (Lipinski definition) is 0. The lowest BCUT2D eigenvalue weighted by molar-refractivity contribution is -0.866. The minimum atomic E-state index is -1.10. The molecule has 1 spiro atoms. The molecule has 0 amide bonds. The molecule has 276 valence electrons. The van der Waals surface area contributed by atoms with Crippen molar-refractivity contribution in [3.05, 3.63) is 117 Å². The second-order valence-electron chi connectivity index (χ2n) is 16.8. The number of ether oxygens (including phenoxy) is 2. The summed E-state index contributed by atoms with van der Waals surface area (Å²) < 4.78 is 18.6. The van der Waals surface area contributed by atoms with Crippen molar-refractivity contribution in [1.29, 1.82) is 0 Å². The fourth-order valence-electron chi connectivity index (χ4n) is 9.17. The van der Waals surface area contributed by atoms with Crippen molar-refractivity contribution in [3.63, 3.8) is 0 Å². The van der Waals surface area contributed by atoms with E-state index in [4.69, 9.17) is 9.47 Å². The van der Waals surface area contributed by atoms with Gasteiger partial charge in [-0.15, -0.1) is 0 Å². The highest BCUT2D eigenvalue weighted by molar-refractivity contribution is 5.88. The summed E-state index contributed by atoms with van der Waals surface area (Å²) in [7, 11) is 6.85. The Morgan fingerprint density at radius 3 is 1.47 bits per heavy atom. The molecule has 2 unspecified atom stereocenters. The first-order valence-electron chi connectivity index (χ1n) is 19.5. The zero-order valence-electron chi connectivity index (χ0n) is 32.2. The van der Waals surface area contributed by atoms with E-state index in [-0.39, 0.29) is 21.4 Å². The quantitative estimate of drug-likeness (QED) is 0.0951. The van der Waals surface area contributed by atoms with Gasteiger partial charge in [0.05, 0.1) is 52.4 Å². The first-order chi connectivity index (χ1) is 25.3. The molecule has 0 radical (unpaired) electrons. The van der Waals surface area contributed by atoms with Crippen LogP contribution in [0.25, 0.3) is 22.3 Å². The SMILES string of the molecule is Cc1cc(-c2ccccc2CCC[N+](C)(C)[O-])cc2c1OC13Oc4c(C)cc(-c5ccccc5CCC[N+](C)(C)[O-])cc4C=[N+]1C1CCCCC1[N+]3=C2. The van der Waals surface area contributed by atoms with Crippen LogP contribution < -0.4 is 9.47 Å². The number of fused-ring (bicyclic) bond motifs is 5. The zero-order chi connectivity index (χ0) is 37.1. The summed E-state index contributed by atoms with van der Waals surface area (Å²) in [5, 5.41) is 24.5. The molecule has 1 saturated heterocycles. The molecule has 8 nitrogen and oxygen atoms in total. The molecule has 53 heavy (non-hydrogen) atoms. The van der Waals surface area contributed by atoms with Gasteiger partial charge in [0.1, 0.15) is 0 Å². The highest BCUT2D eigenvalue weighted by atomic mass is 16.7. The summed E-state index contributed by atoms with van der Waals surface area (Å²) in [6, 6.07) is 25.6. The second kappa shape index (κ2) is 13.5. The molecule has 8 heteroatoms. The number of benzene rings is 4. The highest BCUT2D eigenvalue weighted by Gasteiger charge is 2.76. The molecule has 1 saturated carbocycles. The van der Waals surface area contributed by atoms with Crippen LogP contribution in [0.1, 0.15) is 71.9 Å². The van der Waals surface area contributed by atoms with Gasteiger partial charge in [-0.2, -0.15) is 0 Å². The summed E-state index contributed by atoms with van der Waals surface area (Å²) in [5.41, 5.74) is 11.6. The molecule has 2 fully saturated rings. The van der Waals surface area contributed by atoms with Crippen LogP contribution in [0.5, 0.6) is 11.5 Å². The molecule has 3 heterocycles.